The molecular formula is C25H26N4O4S. The molecule has 9 heteroatoms. The minimum Gasteiger partial charge on any atom is -0.496 e. The van der Waals surface area contributed by atoms with Gasteiger partial charge in [-0.1, -0.05) is 23.8 Å². The van der Waals surface area contributed by atoms with Crippen molar-refractivity contribution in [3.8, 4) is 5.75 Å². The van der Waals surface area contributed by atoms with Crippen LogP contribution in [0.3, 0.4) is 0 Å². The molecule has 4 rings (SSSR count). The number of benzene rings is 1. The number of carbonyl (C=O) groups excluding carboxylic acids is 1. The Hall–Kier alpha value is -3.72. The van der Waals surface area contributed by atoms with Gasteiger partial charge in [0.05, 0.1) is 24.7 Å². The predicted octanol–water partition coefficient (Wildman–Crippen LogP) is 3.65. The van der Waals surface area contributed by atoms with Gasteiger partial charge in [0.15, 0.2) is 10.8 Å². The highest BCUT2D eigenvalue weighted by molar-refractivity contribution is 7.92. The Kier molecular flexibility index (Phi) is 6.14. The van der Waals surface area contributed by atoms with Crippen LogP contribution in [-0.4, -0.2) is 41.6 Å². The zero-order valence-corrected chi connectivity index (χ0v) is 20.3. The molecular weight excluding hydrogens is 452 g/mol. The summed E-state index contributed by atoms with van der Waals surface area (Å²) in [5.74, 6) is -0.683. The smallest absolute Gasteiger partial charge is 0.203 e. The van der Waals surface area contributed by atoms with Gasteiger partial charge in [-0.3, -0.25) is 4.79 Å². The van der Waals surface area contributed by atoms with E-state index in [9.17, 15) is 13.2 Å². The first-order valence-electron chi connectivity index (χ1n) is 10.7. The molecule has 2 N–H and O–H groups in total. The summed E-state index contributed by atoms with van der Waals surface area (Å²) in [7, 11) is -2.46. The van der Waals surface area contributed by atoms with Gasteiger partial charge >= 0.3 is 0 Å². The molecule has 3 heterocycles. The minimum atomic E-state index is -4.00. The van der Waals surface area contributed by atoms with Gasteiger partial charge in [0, 0.05) is 6.20 Å². The average Bonchev–Trinajstić information content (AvgIpc) is 3.14. The second kappa shape index (κ2) is 8.90. The van der Waals surface area contributed by atoms with Gasteiger partial charge in [-0.2, -0.15) is 0 Å². The number of pyridine rings is 2. The van der Waals surface area contributed by atoms with Gasteiger partial charge in [-0.25, -0.2) is 18.4 Å². The molecule has 1 aromatic carbocycles. The first kappa shape index (κ1) is 23.4. The Morgan fingerprint density at radius 2 is 1.79 bits per heavy atom. The SMILES string of the molecule is COc1ccnc2c1cc(C(=O)CS(=O)(=O)c1cccc(N)n1)n2Cc1c(C)cc(C)cc1C. The lowest BCUT2D eigenvalue weighted by Crippen LogP contribution is -2.21. The van der Waals surface area contributed by atoms with Gasteiger partial charge in [-0.05, 0) is 61.7 Å². The van der Waals surface area contributed by atoms with E-state index in [1.165, 1.54) is 25.3 Å². The first-order valence-corrected chi connectivity index (χ1v) is 12.3. The van der Waals surface area contributed by atoms with Crippen molar-refractivity contribution in [2.75, 3.05) is 18.6 Å². The molecule has 8 nitrogen and oxygen atoms in total. The maximum Gasteiger partial charge on any atom is 0.203 e. The van der Waals surface area contributed by atoms with Crippen molar-refractivity contribution in [2.24, 2.45) is 0 Å². The highest BCUT2D eigenvalue weighted by atomic mass is 32.2. The molecule has 0 atom stereocenters. The number of Topliss-reactive ketones (excluding diaryl/α,β-unsaturated/α-hetero) is 1. The summed E-state index contributed by atoms with van der Waals surface area (Å²) < 4.78 is 33.1. The number of rotatable bonds is 7. The van der Waals surface area contributed by atoms with Crippen LogP contribution < -0.4 is 10.5 Å². The molecule has 0 saturated carbocycles. The van der Waals surface area contributed by atoms with Crippen LogP contribution >= 0.6 is 0 Å². The van der Waals surface area contributed by atoms with E-state index < -0.39 is 21.4 Å². The molecule has 0 radical (unpaired) electrons. The number of fused-ring (bicyclic) bond motifs is 1. The van der Waals surface area contributed by atoms with Crippen molar-refractivity contribution in [1.29, 1.82) is 0 Å². The van der Waals surface area contributed by atoms with Crippen molar-refractivity contribution in [3.63, 3.8) is 0 Å². The average molecular weight is 479 g/mol. The summed E-state index contributed by atoms with van der Waals surface area (Å²) in [6.45, 7) is 6.43. The summed E-state index contributed by atoms with van der Waals surface area (Å²) in [5.41, 5.74) is 10.8. The number of anilines is 1. The number of ether oxygens (including phenoxy) is 1. The van der Waals surface area contributed by atoms with E-state index in [1.54, 1.807) is 22.9 Å². The van der Waals surface area contributed by atoms with Crippen LogP contribution in [-0.2, 0) is 16.4 Å². The fraction of sp³-hybridized carbons (Fsp3) is 0.240. The van der Waals surface area contributed by atoms with Crippen LogP contribution in [0.2, 0.25) is 0 Å². The maximum atomic E-state index is 13.4. The van der Waals surface area contributed by atoms with E-state index in [4.69, 9.17) is 10.5 Å². The van der Waals surface area contributed by atoms with Crippen molar-refractivity contribution in [3.05, 3.63) is 76.6 Å². The molecule has 0 aliphatic carbocycles. The predicted molar refractivity (Wildman–Crippen MR) is 131 cm³/mol. The molecule has 3 aromatic heterocycles. The molecule has 0 aliphatic rings. The van der Waals surface area contributed by atoms with E-state index in [2.05, 4.69) is 22.1 Å². The largest absolute Gasteiger partial charge is 0.496 e. The molecule has 0 aliphatic heterocycles. The lowest BCUT2D eigenvalue weighted by Gasteiger charge is -2.15. The lowest BCUT2D eigenvalue weighted by molar-refractivity contribution is 0.101. The maximum absolute atomic E-state index is 13.4. The number of aromatic nitrogens is 3. The fourth-order valence-corrected chi connectivity index (χ4v) is 5.41. The van der Waals surface area contributed by atoms with Gasteiger partial charge in [0.25, 0.3) is 0 Å². The Bertz CT molecular complexity index is 1500. The molecule has 0 unspecified atom stereocenters. The number of hydrogen-bond acceptors (Lipinski definition) is 7. The zero-order valence-electron chi connectivity index (χ0n) is 19.5. The van der Waals surface area contributed by atoms with E-state index in [1.807, 2.05) is 20.8 Å². The van der Waals surface area contributed by atoms with Crippen LogP contribution in [0.4, 0.5) is 5.82 Å². The molecule has 0 bridgehead atoms. The molecule has 4 aromatic rings. The number of carbonyl (C=O) groups is 1. The standard InChI is InChI=1S/C25H26N4O4S/c1-15-10-16(2)19(17(3)11-15)13-29-20(12-18-22(33-4)8-9-27-25(18)29)21(30)14-34(31,32)24-7-5-6-23(26)28-24/h5-12H,13-14H2,1-4H3,(H2,26,28). The third kappa shape index (κ3) is 4.38. The lowest BCUT2D eigenvalue weighted by atomic mass is 9.99. The summed E-state index contributed by atoms with van der Waals surface area (Å²) in [6.07, 6.45) is 1.61. The number of nitrogens with zero attached hydrogens (tertiary/aromatic N) is 3. The molecule has 176 valence electrons. The zero-order chi connectivity index (χ0) is 24.6. The van der Waals surface area contributed by atoms with Crippen molar-refractivity contribution >= 4 is 32.5 Å². The molecule has 0 amide bonds. The Balaban J connectivity index is 1.83. The Labute approximate surface area is 198 Å². The van der Waals surface area contributed by atoms with E-state index in [0.29, 0.717) is 23.3 Å². The van der Waals surface area contributed by atoms with Crippen molar-refractivity contribution in [1.82, 2.24) is 14.5 Å². The number of methoxy groups -OCH3 is 1. The summed E-state index contributed by atoms with van der Waals surface area (Å²) in [6, 6.07) is 11.8. The van der Waals surface area contributed by atoms with Crippen LogP contribution in [0.25, 0.3) is 11.0 Å². The van der Waals surface area contributed by atoms with Crippen molar-refractivity contribution in [2.45, 2.75) is 32.3 Å². The first-order chi connectivity index (χ1) is 16.1. The van der Waals surface area contributed by atoms with E-state index >= 15 is 0 Å². The van der Waals surface area contributed by atoms with Crippen LogP contribution in [0, 0.1) is 20.8 Å². The van der Waals surface area contributed by atoms with Gasteiger partial charge in [-0.15, -0.1) is 0 Å². The van der Waals surface area contributed by atoms with Gasteiger partial charge < -0.3 is 15.0 Å². The third-order valence-electron chi connectivity index (χ3n) is 5.80. The minimum absolute atomic E-state index is 0.0712. The fourth-order valence-electron chi connectivity index (χ4n) is 4.24. The van der Waals surface area contributed by atoms with Crippen LogP contribution in [0.5, 0.6) is 5.75 Å². The van der Waals surface area contributed by atoms with E-state index in [0.717, 1.165) is 22.3 Å². The second-order valence-electron chi connectivity index (χ2n) is 8.33. The summed E-state index contributed by atoms with van der Waals surface area (Å²) >= 11 is 0. The Morgan fingerprint density at radius 1 is 1.09 bits per heavy atom. The Morgan fingerprint density at radius 3 is 2.44 bits per heavy atom. The number of aryl methyl sites for hydroxylation is 3. The second-order valence-corrected chi connectivity index (χ2v) is 10.3. The molecule has 0 fully saturated rings. The number of sulfone groups is 1. The molecule has 0 spiro atoms. The quantitative estimate of drug-likeness (QED) is 0.403. The normalized spacial score (nSPS) is 11.6. The highest BCUT2D eigenvalue weighted by Crippen LogP contribution is 2.30. The van der Waals surface area contributed by atoms with Gasteiger partial charge in [0.1, 0.15) is 23.0 Å². The third-order valence-corrected chi connectivity index (χ3v) is 7.31. The molecule has 34 heavy (non-hydrogen) atoms. The van der Waals surface area contributed by atoms with Gasteiger partial charge in [0.2, 0.25) is 9.84 Å². The monoisotopic (exact) mass is 478 g/mol. The summed E-state index contributed by atoms with van der Waals surface area (Å²) in [5, 5.41) is 0.402. The number of ketones is 1. The molecule has 0 saturated heterocycles. The van der Waals surface area contributed by atoms with E-state index in [-0.39, 0.29) is 16.5 Å². The number of nitrogens with two attached hydrogens (primary N) is 1. The van der Waals surface area contributed by atoms with Crippen LogP contribution in [0.1, 0.15) is 32.7 Å². The highest BCUT2D eigenvalue weighted by Gasteiger charge is 2.26. The van der Waals surface area contributed by atoms with Crippen LogP contribution in [0.15, 0.2) is 53.7 Å². The number of hydrogen-bond donors (Lipinski definition) is 1. The van der Waals surface area contributed by atoms with Crippen molar-refractivity contribution < 1.29 is 17.9 Å². The number of nitrogen functional groups attached to an aromatic ring is 1. The summed E-state index contributed by atoms with van der Waals surface area (Å²) in [4.78, 5) is 21.8. The topological polar surface area (TPSA) is 117 Å².